The number of nitrogen functional groups attached to an aromatic ring is 1. The van der Waals surface area contributed by atoms with Crippen molar-refractivity contribution in [2.24, 2.45) is 5.92 Å². The van der Waals surface area contributed by atoms with Gasteiger partial charge >= 0.3 is 0 Å². The number of piperazine rings is 1. The van der Waals surface area contributed by atoms with Gasteiger partial charge in [-0.2, -0.15) is 0 Å². The van der Waals surface area contributed by atoms with Gasteiger partial charge in [0.1, 0.15) is 0 Å². The first-order valence-corrected chi connectivity index (χ1v) is 7.42. The third-order valence-corrected chi connectivity index (χ3v) is 3.78. The lowest BCUT2D eigenvalue weighted by atomic mass is 10.1. The van der Waals surface area contributed by atoms with Gasteiger partial charge in [0.15, 0.2) is 0 Å². The van der Waals surface area contributed by atoms with Crippen molar-refractivity contribution in [3.63, 3.8) is 0 Å². The average Bonchev–Trinajstić information content (AvgIpc) is 2.39. The largest absolute Gasteiger partial charge is 0.399 e. The van der Waals surface area contributed by atoms with Crippen LogP contribution in [-0.2, 0) is 6.42 Å². The summed E-state index contributed by atoms with van der Waals surface area (Å²) in [5.41, 5.74) is 7.95. The zero-order valence-electron chi connectivity index (χ0n) is 12.3. The first kappa shape index (κ1) is 14.4. The van der Waals surface area contributed by atoms with Gasteiger partial charge < -0.3 is 15.5 Å². The highest BCUT2D eigenvalue weighted by Crippen LogP contribution is 2.09. The summed E-state index contributed by atoms with van der Waals surface area (Å²) in [5.74, 6) is 0.779. The summed E-state index contributed by atoms with van der Waals surface area (Å²) >= 11 is 0. The zero-order valence-corrected chi connectivity index (χ0v) is 12.3. The molecule has 1 aromatic carbocycles. The van der Waals surface area contributed by atoms with Crippen LogP contribution in [0.2, 0.25) is 0 Å². The predicted molar refractivity (Wildman–Crippen MR) is 82.3 cm³/mol. The van der Waals surface area contributed by atoms with Crippen LogP contribution in [0.15, 0.2) is 24.3 Å². The molecule has 1 aromatic rings. The highest BCUT2D eigenvalue weighted by atomic mass is 15.3. The lowest BCUT2D eigenvalue weighted by molar-refractivity contribution is 0.123. The van der Waals surface area contributed by atoms with E-state index in [1.54, 1.807) is 0 Å². The van der Waals surface area contributed by atoms with Crippen molar-refractivity contribution >= 4 is 5.69 Å². The minimum absolute atomic E-state index is 0.779. The second kappa shape index (κ2) is 6.92. The third kappa shape index (κ3) is 4.84. The molecule has 2 N–H and O–H groups in total. The van der Waals surface area contributed by atoms with Gasteiger partial charge in [0.05, 0.1) is 0 Å². The van der Waals surface area contributed by atoms with Gasteiger partial charge in [0.25, 0.3) is 0 Å². The summed E-state index contributed by atoms with van der Waals surface area (Å²) < 4.78 is 0. The van der Waals surface area contributed by atoms with Crippen LogP contribution in [-0.4, -0.2) is 49.1 Å². The molecule has 2 rings (SSSR count). The van der Waals surface area contributed by atoms with E-state index in [0.717, 1.165) is 18.0 Å². The van der Waals surface area contributed by atoms with Crippen LogP contribution in [0.4, 0.5) is 5.69 Å². The Morgan fingerprint density at radius 1 is 1.00 bits per heavy atom. The van der Waals surface area contributed by atoms with E-state index in [-0.39, 0.29) is 0 Å². The first-order valence-electron chi connectivity index (χ1n) is 7.42. The van der Waals surface area contributed by atoms with E-state index in [0.29, 0.717) is 0 Å². The average molecular weight is 261 g/mol. The lowest BCUT2D eigenvalue weighted by Crippen LogP contribution is -2.47. The molecule has 0 unspecified atom stereocenters. The highest BCUT2D eigenvalue weighted by Gasteiger charge is 2.16. The summed E-state index contributed by atoms with van der Waals surface area (Å²) in [5, 5.41) is 0. The Labute approximate surface area is 117 Å². The molecule has 1 heterocycles. The van der Waals surface area contributed by atoms with Crippen molar-refractivity contribution in [1.82, 2.24) is 9.80 Å². The molecule has 0 amide bonds. The van der Waals surface area contributed by atoms with Gasteiger partial charge in [0.2, 0.25) is 0 Å². The van der Waals surface area contributed by atoms with E-state index in [9.17, 15) is 0 Å². The van der Waals surface area contributed by atoms with Crippen LogP contribution in [0.3, 0.4) is 0 Å². The van der Waals surface area contributed by atoms with E-state index in [2.05, 4.69) is 35.8 Å². The maximum absolute atomic E-state index is 5.70. The number of hydrogen-bond donors (Lipinski definition) is 1. The molecule has 106 valence electrons. The molecule has 1 fully saturated rings. The Balaban J connectivity index is 1.69. The van der Waals surface area contributed by atoms with Crippen molar-refractivity contribution < 1.29 is 0 Å². The van der Waals surface area contributed by atoms with Crippen LogP contribution in [0.25, 0.3) is 0 Å². The maximum atomic E-state index is 5.70. The molecule has 1 aliphatic rings. The summed E-state index contributed by atoms with van der Waals surface area (Å²) in [6, 6.07) is 8.28. The number of benzene rings is 1. The molecular formula is C16H27N3. The van der Waals surface area contributed by atoms with Crippen molar-refractivity contribution in [3.8, 4) is 0 Å². The van der Waals surface area contributed by atoms with Crippen molar-refractivity contribution in [2.45, 2.75) is 20.3 Å². The molecule has 3 nitrogen and oxygen atoms in total. The van der Waals surface area contributed by atoms with Crippen LogP contribution in [0.1, 0.15) is 19.4 Å². The third-order valence-electron chi connectivity index (χ3n) is 3.78. The van der Waals surface area contributed by atoms with Crippen molar-refractivity contribution in [1.29, 1.82) is 0 Å². The summed E-state index contributed by atoms with van der Waals surface area (Å²) in [6.45, 7) is 11.9. The molecule has 0 aromatic heterocycles. The first-order chi connectivity index (χ1) is 9.13. The monoisotopic (exact) mass is 261 g/mol. The standard InChI is InChI=1S/C16H27N3/c1-14(2)13-19-11-9-18(10-12-19)8-7-15-3-5-16(17)6-4-15/h3-6,14H,7-13,17H2,1-2H3. The molecule has 0 saturated carbocycles. The van der Waals surface area contributed by atoms with Gasteiger partial charge in [-0.15, -0.1) is 0 Å². The second-order valence-corrected chi connectivity index (χ2v) is 6.03. The Morgan fingerprint density at radius 3 is 2.16 bits per heavy atom. The van der Waals surface area contributed by atoms with Crippen molar-refractivity contribution in [2.75, 3.05) is 45.0 Å². The van der Waals surface area contributed by atoms with Gasteiger partial charge in [0, 0.05) is 45.0 Å². The molecule has 0 spiro atoms. The fraction of sp³-hybridized carbons (Fsp3) is 0.625. The zero-order chi connectivity index (χ0) is 13.7. The number of anilines is 1. The summed E-state index contributed by atoms with van der Waals surface area (Å²) in [4.78, 5) is 5.16. The fourth-order valence-corrected chi connectivity index (χ4v) is 2.68. The predicted octanol–water partition coefficient (Wildman–Crippen LogP) is 2.08. The van der Waals surface area contributed by atoms with Gasteiger partial charge in [-0.25, -0.2) is 0 Å². The number of nitrogens with two attached hydrogens (primary N) is 1. The molecule has 0 atom stereocenters. The Kier molecular flexibility index (Phi) is 5.23. The van der Waals surface area contributed by atoms with Crippen LogP contribution < -0.4 is 5.73 Å². The van der Waals surface area contributed by atoms with Crippen LogP contribution >= 0.6 is 0 Å². The Hall–Kier alpha value is -1.06. The SMILES string of the molecule is CC(C)CN1CCN(CCc2ccc(N)cc2)CC1. The fourth-order valence-electron chi connectivity index (χ4n) is 2.68. The van der Waals surface area contributed by atoms with Crippen LogP contribution in [0, 0.1) is 5.92 Å². The maximum Gasteiger partial charge on any atom is 0.0314 e. The van der Waals surface area contributed by atoms with E-state index >= 15 is 0 Å². The molecule has 0 aliphatic carbocycles. The van der Waals surface area contributed by atoms with E-state index < -0.39 is 0 Å². The topological polar surface area (TPSA) is 32.5 Å². The number of nitrogens with zero attached hydrogens (tertiary/aromatic N) is 2. The molecule has 1 saturated heterocycles. The lowest BCUT2D eigenvalue weighted by Gasteiger charge is -2.35. The summed E-state index contributed by atoms with van der Waals surface area (Å²) in [7, 11) is 0. The van der Waals surface area contributed by atoms with E-state index in [1.807, 2.05) is 12.1 Å². The molecule has 1 aliphatic heterocycles. The van der Waals surface area contributed by atoms with Crippen molar-refractivity contribution in [3.05, 3.63) is 29.8 Å². The molecule has 0 radical (unpaired) electrons. The minimum Gasteiger partial charge on any atom is -0.399 e. The number of hydrogen-bond acceptors (Lipinski definition) is 3. The normalized spacial score (nSPS) is 18.1. The van der Waals surface area contributed by atoms with Crippen LogP contribution in [0.5, 0.6) is 0 Å². The van der Waals surface area contributed by atoms with Gasteiger partial charge in [-0.3, -0.25) is 0 Å². The quantitative estimate of drug-likeness (QED) is 0.824. The minimum atomic E-state index is 0.779. The van der Waals surface area contributed by atoms with Gasteiger partial charge in [-0.1, -0.05) is 26.0 Å². The van der Waals surface area contributed by atoms with E-state index in [1.165, 1.54) is 44.8 Å². The second-order valence-electron chi connectivity index (χ2n) is 6.03. The highest BCUT2D eigenvalue weighted by molar-refractivity contribution is 5.39. The Morgan fingerprint density at radius 2 is 1.58 bits per heavy atom. The molecule has 19 heavy (non-hydrogen) atoms. The number of rotatable bonds is 5. The Bertz CT molecular complexity index is 364. The van der Waals surface area contributed by atoms with E-state index in [4.69, 9.17) is 5.73 Å². The summed E-state index contributed by atoms with van der Waals surface area (Å²) in [6.07, 6.45) is 1.13. The molecular weight excluding hydrogens is 234 g/mol. The molecule has 0 bridgehead atoms. The van der Waals surface area contributed by atoms with Gasteiger partial charge in [-0.05, 0) is 30.0 Å². The smallest absolute Gasteiger partial charge is 0.0314 e. The molecule has 3 heteroatoms.